The van der Waals surface area contributed by atoms with Gasteiger partial charge in [0.05, 0.1) is 24.2 Å². The maximum atomic E-state index is 9.97. The van der Waals surface area contributed by atoms with E-state index in [4.69, 9.17) is 4.74 Å². The van der Waals surface area contributed by atoms with Crippen molar-refractivity contribution < 1.29 is 9.84 Å². The number of methoxy groups -OCH3 is 1. The highest BCUT2D eigenvalue weighted by Gasteiger charge is 2.55. The quantitative estimate of drug-likeness (QED) is 0.739. The van der Waals surface area contributed by atoms with Crippen LogP contribution in [-0.4, -0.2) is 24.9 Å². The number of nitriles is 1. The first-order valence-electron chi connectivity index (χ1n) is 5.31. The maximum absolute atomic E-state index is 9.97. The zero-order chi connectivity index (χ0) is 10.2. The van der Waals surface area contributed by atoms with Gasteiger partial charge in [0.1, 0.15) is 0 Å². The zero-order valence-electron chi connectivity index (χ0n) is 8.57. The molecular weight excluding hydrogens is 178 g/mol. The van der Waals surface area contributed by atoms with Gasteiger partial charge in [0.25, 0.3) is 0 Å². The molecule has 2 aliphatic carbocycles. The third kappa shape index (κ3) is 1.25. The predicted molar refractivity (Wildman–Crippen MR) is 51.4 cm³/mol. The molecule has 2 fully saturated rings. The Morgan fingerprint density at radius 1 is 1.64 bits per heavy atom. The van der Waals surface area contributed by atoms with Crippen LogP contribution in [-0.2, 0) is 4.74 Å². The van der Waals surface area contributed by atoms with Crippen LogP contribution in [0.25, 0.3) is 0 Å². The number of fused-ring (bicyclic) bond motifs is 2. The van der Waals surface area contributed by atoms with Gasteiger partial charge in [-0.3, -0.25) is 0 Å². The molecule has 0 aromatic rings. The van der Waals surface area contributed by atoms with Crippen molar-refractivity contribution in [2.24, 2.45) is 17.3 Å². The van der Waals surface area contributed by atoms with E-state index in [0.29, 0.717) is 11.8 Å². The molecule has 4 atom stereocenters. The summed E-state index contributed by atoms with van der Waals surface area (Å²) >= 11 is 0. The Kier molecular flexibility index (Phi) is 2.50. The van der Waals surface area contributed by atoms with Crippen LogP contribution in [0.15, 0.2) is 0 Å². The Morgan fingerprint density at radius 2 is 2.43 bits per heavy atom. The fourth-order valence-corrected chi connectivity index (χ4v) is 3.30. The van der Waals surface area contributed by atoms with Gasteiger partial charge in [-0.2, -0.15) is 5.26 Å². The van der Waals surface area contributed by atoms with Crippen molar-refractivity contribution >= 4 is 0 Å². The smallest absolute Gasteiger partial charge is 0.0962 e. The third-order valence-electron chi connectivity index (χ3n) is 4.02. The molecule has 0 amide bonds. The fourth-order valence-electron chi connectivity index (χ4n) is 3.30. The average molecular weight is 195 g/mol. The number of rotatable bonds is 3. The van der Waals surface area contributed by atoms with Crippen LogP contribution in [0, 0.1) is 28.6 Å². The molecule has 0 radical (unpaired) electrons. The van der Waals surface area contributed by atoms with Crippen molar-refractivity contribution in [3.63, 3.8) is 0 Å². The fraction of sp³-hybridized carbons (Fsp3) is 0.909. The molecule has 2 bridgehead atoms. The lowest BCUT2D eigenvalue weighted by molar-refractivity contribution is -0.0273. The van der Waals surface area contributed by atoms with Crippen molar-refractivity contribution in [3.8, 4) is 6.07 Å². The summed E-state index contributed by atoms with van der Waals surface area (Å²) in [5, 5.41) is 19.2. The molecule has 0 heterocycles. The van der Waals surface area contributed by atoms with Crippen molar-refractivity contribution in [2.75, 3.05) is 13.7 Å². The summed E-state index contributed by atoms with van der Waals surface area (Å²) in [4.78, 5) is 0. The minimum Gasteiger partial charge on any atom is -0.389 e. The molecule has 0 spiro atoms. The maximum Gasteiger partial charge on any atom is 0.0962 e. The second kappa shape index (κ2) is 3.52. The number of hydrogen-bond donors (Lipinski definition) is 1. The van der Waals surface area contributed by atoms with Gasteiger partial charge in [-0.15, -0.1) is 0 Å². The van der Waals surface area contributed by atoms with E-state index in [1.807, 2.05) is 0 Å². The molecule has 0 aromatic heterocycles. The Labute approximate surface area is 84.7 Å². The second-order valence-corrected chi connectivity index (χ2v) is 4.70. The summed E-state index contributed by atoms with van der Waals surface area (Å²) in [6.45, 7) is 0.288. The van der Waals surface area contributed by atoms with Crippen LogP contribution < -0.4 is 0 Å². The Morgan fingerprint density at radius 3 is 2.86 bits per heavy atom. The number of ether oxygens (including phenoxy) is 1. The largest absolute Gasteiger partial charge is 0.389 e. The summed E-state index contributed by atoms with van der Waals surface area (Å²) in [6, 6.07) is 2.36. The monoisotopic (exact) mass is 195 g/mol. The molecule has 3 nitrogen and oxygen atoms in total. The summed E-state index contributed by atoms with van der Waals surface area (Å²) in [7, 11) is 1.57. The zero-order valence-corrected chi connectivity index (χ0v) is 8.57. The molecule has 0 aliphatic heterocycles. The topological polar surface area (TPSA) is 53.2 Å². The van der Waals surface area contributed by atoms with E-state index >= 15 is 0 Å². The highest BCUT2D eigenvalue weighted by molar-refractivity contribution is 5.14. The van der Waals surface area contributed by atoms with Crippen molar-refractivity contribution in [1.82, 2.24) is 0 Å². The van der Waals surface area contributed by atoms with Gasteiger partial charge >= 0.3 is 0 Å². The van der Waals surface area contributed by atoms with Gasteiger partial charge in [-0.25, -0.2) is 0 Å². The first kappa shape index (κ1) is 9.95. The third-order valence-corrected chi connectivity index (χ3v) is 4.02. The van der Waals surface area contributed by atoms with E-state index in [1.165, 1.54) is 6.42 Å². The van der Waals surface area contributed by atoms with Crippen LogP contribution in [0.1, 0.15) is 25.7 Å². The lowest BCUT2D eigenvalue weighted by Crippen LogP contribution is -2.41. The summed E-state index contributed by atoms with van der Waals surface area (Å²) in [5.74, 6) is 1.08. The average Bonchev–Trinajstić information content (AvgIpc) is 2.77. The van der Waals surface area contributed by atoms with Crippen LogP contribution in [0.5, 0.6) is 0 Å². The highest BCUT2D eigenvalue weighted by atomic mass is 16.5. The normalized spacial score (nSPS) is 42.4. The van der Waals surface area contributed by atoms with Crippen LogP contribution in [0.2, 0.25) is 0 Å². The lowest BCUT2D eigenvalue weighted by Gasteiger charge is -2.34. The van der Waals surface area contributed by atoms with Crippen LogP contribution >= 0.6 is 0 Å². The molecule has 0 aromatic carbocycles. The van der Waals surface area contributed by atoms with E-state index in [-0.39, 0.29) is 6.61 Å². The van der Waals surface area contributed by atoms with Crippen molar-refractivity contribution in [2.45, 2.75) is 31.8 Å². The molecule has 4 unspecified atom stereocenters. The van der Waals surface area contributed by atoms with Gasteiger partial charge < -0.3 is 9.84 Å². The van der Waals surface area contributed by atoms with Gasteiger partial charge in [-0.1, -0.05) is 6.42 Å². The van der Waals surface area contributed by atoms with Crippen molar-refractivity contribution in [1.29, 1.82) is 5.26 Å². The molecule has 2 aliphatic rings. The van der Waals surface area contributed by atoms with Gasteiger partial charge in [-0.05, 0) is 31.1 Å². The van der Waals surface area contributed by atoms with E-state index < -0.39 is 11.5 Å². The second-order valence-electron chi connectivity index (χ2n) is 4.70. The summed E-state index contributed by atoms with van der Waals surface area (Å²) in [6.07, 6.45) is 3.76. The van der Waals surface area contributed by atoms with E-state index in [9.17, 15) is 10.4 Å². The number of aliphatic hydroxyl groups is 1. The molecular formula is C11H17NO2. The minimum absolute atomic E-state index is 0.288. The van der Waals surface area contributed by atoms with E-state index in [1.54, 1.807) is 7.11 Å². The Balaban J connectivity index is 2.15. The minimum atomic E-state index is -0.604. The molecule has 1 N–H and O–H groups in total. The van der Waals surface area contributed by atoms with Gasteiger partial charge in [0.15, 0.2) is 0 Å². The molecule has 14 heavy (non-hydrogen) atoms. The Bertz CT molecular complexity index is 261. The SMILES string of the molecule is COCC(O)C1(C#N)CC2CCC1C2. The first-order valence-corrected chi connectivity index (χ1v) is 5.31. The summed E-state index contributed by atoms with van der Waals surface area (Å²) in [5.41, 5.74) is -0.501. The number of hydrogen-bond acceptors (Lipinski definition) is 3. The molecule has 78 valence electrons. The van der Waals surface area contributed by atoms with Crippen molar-refractivity contribution in [3.05, 3.63) is 0 Å². The number of nitrogens with zero attached hydrogens (tertiary/aromatic N) is 1. The molecule has 2 rings (SSSR count). The molecule has 0 saturated heterocycles. The summed E-state index contributed by atoms with van der Waals surface area (Å²) < 4.78 is 4.95. The van der Waals surface area contributed by atoms with Crippen LogP contribution in [0.4, 0.5) is 0 Å². The van der Waals surface area contributed by atoms with Crippen LogP contribution in [0.3, 0.4) is 0 Å². The lowest BCUT2D eigenvalue weighted by atomic mass is 9.70. The first-order chi connectivity index (χ1) is 6.73. The highest BCUT2D eigenvalue weighted by Crippen LogP contribution is 2.57. The van der Waals surface area contributed by atoms with E-state index in [0.717, 1.165) is 19.3 Å². The van der Waals surface area contributed by atoms with Gasteiger partial charge in [0.2, 0.25) is 0 Å². The number of aliphatic hydroxyl groups excluding tert-OH is 1. The molecule has 3 heteroatoms. The van der Waals surface area contributed by atoms with Gasteiger partial charge in [0, 0.05) is 7.11 Å². The standard InChI is InChI=1S/C11H17NO2/c1-14-6-10(13)11(7-12)5-8-2-3-9(11)4-8/h8-10,13H,2-6H2,1H3. The Hall–Kier alpha value is -0.590. The molecule has 2 saturated carbocycles. The van der Waals surface area contributed by atoms with E-state index in [2.05, 4.69) is 6.07 Å². The predicted octanol–water partition coefficient (Wildman–Crippen LogP) is 1.32.